The topological polar surface area (TPSA) is 54.5 Å². The Kier molecular flexibility index (Phi) is 6.39. The summed E-state index contributed by atoms with van der Waals surface area (Å²) in [7, 11) is 3.60. The van der Waals surface area contributed by atoms with E-state index in [-0.39, 0.29) is 11.9 Å². The standard InChI is InChI=1S/C19H24ClN3O2/c1-12-8-15(9-13(2)18(12)25-5)11-23(4)14(3)19(24)22-17-7-6-16(20)10-21-17/h6-10,14H,11H2,1-5H3,(H,21,22,24). The van der Waals surface area contributed by atoms with E-state index in [1.54, 1.807) is 19.2 Å². The van der Waals surface area contributed by atoms with Crippen molar-refractivity contribution in [1.82, 2.24) is 9.88 Å². The number of amides is 1. The molecule has 1 aromatic heterocycles. The van der Waals surface area contributed by atoms with Crippen LogP contribution in [0.3, 0.4) is 0 Å². The van der Waals surface area contributed by atoms with E-state index in [2.05, 4.69) is 22.4 Å². The lowest BCUT2D eigenvalue weighted by Gasteiger charge is -2.24. The molecule has 2 rings (SSSR count). The maximum atomic E-state index is 12.4. The summed E-state index contributed by atoms with van der Waals surface area (Å²) in [5.41, 5.74) is 3.32. The highest BCUT2D eigenvalue weighted by Gasteiger charge is 2.19. The fourth-order valence-electron chi connectivity index (χ4n) is 2.76. The number of nitrogens with one attached hydrogen (secondary N) is 1. The lowest BCUT2D eigenvalue weighted by Crippen LogP contribution is -2.39. The van der Waals surface area contributed by atoms with E-state index >= 15 is 0 Å². The molecular weight excluding hydrogens is 338 g/mol. The smallest absolute Gasteiger partial charge is 0.242 e. The minimum atomic E-state index is -0.305. The molecule has 0 saturated heterocycles. The minimum Gasteiger partial charge on any atom is -0.496 e. The molecule has 6 heteroatoms. The average Bonchev–Trinajstić information content (AvgIpc) is 2.56. The Labute approximate surface area is 154 Å². The molecular formula is C19H24ClN3O2. The number of likely N-dealkylation sites (N-methyl/N-ethyl adjacent to an activating group) is 1. The van der Waals surface area contributed by atoms with E-state index in [1.807, 2.05) is 32.7 Å². The third-order valence-corrected chi connectivity index (χ3v) is 4.40. The Balaban J connectivity index is 2.03. The number of benzene rings is 1. The number of anilines is 1. The second-order valence-electron chi connectivity index (χ2n) is 6.20. The molecule has 5 nitrogen and oxygen atoms in total. The number of pyridine rings is 1. The Hall–Kier alpha value is -2.11. The number of carbonyl (C=O) groups is 1. The quantitative estimate of drug-likeness (QED) is 0.849. The van der Waals surface area contributed by atoms with Crippen LogP contribution in [0.4, 0.5) is 5.82 Å². The van der Waals surface area contributed by atoms with Gasteiger partial charge in [0.25, 0.3) is 0 Å². The summed E-state index contributed by atoms with van der Waals surface area (Å²) >= 11 is 5.81. The summed E-state index contributed by atoms with van der Waals surface area (Å²) in [6, 6.07) is 7.26. The molecule has 0 fully saturated rings. The van der Waals surface area contributed by atoms with Gasteiger partial charge in [0, 0.05) is 12.7 Å². The van der Waals surface area contributed by atoms with Crippen LogP contribution in [0.1, 0.15) is 23.6 Å². The van der Waals surface area contributed by atoms with Crippen LogP contribution in [0, 0.1) is 13.8 Å². The molecule has 0 aliphatic rings. The Morgan fingerprint density at radius 2 is 1.96 bits per heavy atom. The van der Waals surface area contributed by atoms with Crippen LogP contribution in [-0.4, -0.2) is 36.0 Å². The summed E-state index contributed by atoms with van der Waals surface area (Å²) in [5, 5.41) is 3.34. The van der Waals surface area contributed by atoms with Gasteiger partial charge in [0.05, 0.1) is 18.2 Å². The molecule has 0 aliphatic heterocycles. The Morgan fingerprint density at radius 3 is 2.48 bits per heavy atom. The number of hydrogen-bond donors (Lipinski definition) is 1. The molecule has 134 valence electrons. The summed E-state index contributed by atoms with van der Waals surface area (Å²) in [5.74, 6) is 1.29. The number of hydrogen-bond acceptors (Lipinski definition) is 4. The number of nitrogens with zero attached hydrogens (tertiary/aromatic N) is 2. The first-order valence-corrected chi connectivity index (χ1v) is 8.46. The predicted octanol–water partition coefficient (Wildman–Crippen LogP) is 3.82. The van der Waals surface area contributed by atoms with Gasteiger partial charge in [0.15, 0.2) is 0 Å². The fraction of sp³-hybridized carbons (Fsp3) is 0.368. The zero-order chi connectivity index (χ0) is 18.6. The first kappa shape index (κ1) is 19.2. The van der Waals surface area contributed by atoms with Crippen molar-refractivity contribution in [2.75, 3.05) is 19.5 Å². The monoisotopic (exact) mass is 361 g/mol. The first-order chi connectivity index (χ1) is 11.8. The number of ether oxygens (including phenoxy) is 1. The molecule has 1 N–H and O–H groups in total. The third kappa shape index (κ3) is 4.94. The largest absolute Gasteiger partial charge is 0.496 e. The molecule has 1 atom stereocenters. The van der Waals surface area contributed by atoms with Gasteiger partial charge in [0.1, 0.15) is 11.6 Å². The molecule has 2 aromatic rings. The molecule has 1 amide bonds. The maximum Gasteiger partial charge on any atom is 0.242 e. The Morgan fingerprint density at radius 1 is 1.32 bits per heavy atom. The zero-order valence-corrected chi connectivity index (χ0v) is 16.0. The van der Waals surface area contributed by atoms with E-state index in [0.717, 1.165) is 22.4 Å². The second kappa shape index (κ2) is 8.32. The van der Waals surface area contributed by atoms with Gasteiger partial charge >= 0.3 is 0 Å². The molecule has 1 aromatic carbocycles. The molecule has 1 heterocycles. The fourth-order valence-corrected chi connectivity index (χ4v) is 2.87. The van der Waals surface area contributed by atoms with E-state index < -0.39 is 0 Å². The number of carbonyl (C=O) groups excluding carboxylic acids is 1. The van der Waals surface area contributed by atoms with Gasteiger partial charge < -0.3 is 10.1 Å². The normalized spacial score (nSPS) is 12.1. The van der Waals surface area contributed by atoms with Crippen LogP contribution < -0.4 is 10.1 Å². The molecule has 0 spiro atoms. The molecule has 0 radical (unpaired) electrons. The van der Waals surface area contributed by atoms with Crippen LogP contribution in [-0.2, 0) is 11.3 Å². The van der Waals surface area contributed by atoms with E-state index in [1.165, 1.54) is 6.20 Å². The van der Waals surface area contributed by atoms with Crippen LogP contribution >= 0.6 is 11.6 Å². The molecule has 1 unspecified atom stereocenters. The lowest BCUT2D eigenvalue weighted by molar-refractivity contribution is -0.120. The number of methoxy groups -OCH3 is 1. The average molecular weight is 362 g/mol. The van der Waals surface area contributed by atoms with Crippen molar-refractivity contribution in [3.8, 4) is 5.75 Å². The second-order valence-corrected chi connectivity index (χ2v) is 6.64. The lowest BCUT2D eigenvalue weighted by atomic mass is 10.0. The first-order valence-electron chi connectivity index (χ1n) is 8.08. The van der Waals surface area contributed by atoms with Crippen molar-refractivity contribution >= 4 is 23.3 Å². The van der Waals surface area contributed by atoms with Gasteiger partial charge in [-0.25, -0.2) is 4.98 Å². The molecule has 0 bridgehead atoms. The van der Waals surface area contributed by atoms with E-state index in [9.17, 15) is 4.79 Å². The number of aryl methyl sites for hydroxylation is 2. The summed E-state index contributed by atoms with van der Waals surface area (Å²) in [6.07, 6.45) is 1.51. The summed E-state index contributed by atoms with van der Waals surface area (Å²) < 4.78 is 5.40. The van der Waals surface area contributed by atoms with Gasteiger partial charge in [-0.15, -0.1) is 0 Å². The van der Waals surface area contributed by atoms with Crippen molar-refractivity contribution in [2.24, 2.45) is 0 Å². The Bertz CT molecular complexity index is 724. The van der Waals surface area contributed by atoms with Crippen molar-refractivity contribution in [1.29, 1.82) is 0 Å². The number of rotatable bonds is 6. The number of aromatic nitrogens is 1. The summed E-state index contributed by atoms with van der Waals surface area (Å²) in [6.45, 7) is 6.58. The highest BCUT2D eigenvalue weighted by Crippen LogP contribution is 2.25. The van der Waals surface area contributed by atoms with Crippen molar-refractivity contribution in [3.63, 3.8) is 0 Å². The van der Waals surface area contributed by atoms with Crippen LogP contribution in [0.15, 0.2) is 30.5 Å². The summed E-state index contributed by atoms with van der Waals surface area (Å²) in [4.78, 5) is 18.5. The maximum absolute atomic E-state index is 12.4. The van der Waals surface area contributed by atoms with Crippen LogP contribution in [0.25, 0.3) is 0 Å². The van der Waals surface area contributed by atoms with Crippen molar-refractivity contribution < 1.29 is 9.53 Å². The van der Waals surface area contributed by atoms with Crippen molar-refractivity contribution in [2.45, 2.75) is 33.4 Å². The molecule has 0 saturated carbocycles. The van der Waals surface area contributed by atoms with Crippen LogP contribution in [0.2, 0.25) is 5.02 Å². The molecule has 0 aliphatic carbocycles. The van der Waals surface area contributed by atoms with E-state index in [0.29, 0.717) is 17.4 Å². The molecule has 25 heavy (non-hydrogen) atoms. The third-order valence-electron chi connectivity index (χ3n) is 4.18. The minimum absolute atomic E-state index is 0.112. The van der Waals surface area contributed by atoms with Gasteiger partial charge in [-0.05, 0) is 56.6 Å². The highest BCUT2D eigenvalue weighted by molar-refractivity contribution is 6.30. The van der Waals surface area contributed by atoms with Crippen LogP contribution in [0.5, 0.6) is 5.75 Å². The zero-order valence-electron chi connectivity index (χ0n) is 15.3. The highest BCUT2D eigenvalue weighted by atomic mass is 35.5. The van der Waals surface area contributed by atoms with Gasteiger partial charge in [-0.3, -0.25) is 9.69 Å². The van der Waals surface area contributed by atoms with Gasteiger partial charge in [-0.2, -0.15) is 0 Å². The van der Waals surface area contributed by atoms with Gasteiger partial charge in [0.2, 0.25) is 5.91 Å². The van der Waals surface area contributed by atoms with E-state index in [4.69, 9.17) is 16.3 Å². The number of halogens is 1. The van der Waals surface area contributed by atoms with Crippen molar-refractivity contribution in [3.05, 3.63) is 52.2 Å². The van der Waals surface area contributed by atoms with Gasteiger partial charge in [-0.1, -0.05) is 23.7 Å². The SMILES string of the molecule is COc1c(C)cc(CN(C)C(C)C(=O)Nc2ccc(Cl)cn2)cc1C. The predicted molar refractivity (Wildman–Crippen MR) is 101 cm³/mol.